The van der Waals surface area contributed by atoms with Gasteiger partial charge in [0.25, 0.3) is 0 Å². The van der Waals surface area contributed by atoms with Crippen LogP contribution < -0.4 is 0 Å². The van der Waals surface area contributed by atoms with Crippen LogP contribution >= 0.6 is 0 Å². The third-order valence-corrected chi connectivity index (χ3v) is 9.46. The van der Waals surface area contributed by atoms with E-state index in [1.807, 2.05) is 0 Å². The van der Waals surface area contributed by atoms with Crippen LogP contribution in [0.3, 0.4) is 0 Å². The molecule has 0 amide bonds. The quantitative estimate of drug-likeness (QED) is 0.181. The molecule has 214 valence electrons. The van der Waals surface area contributed by atoms with Crippen molar-refractivity contribution in [3.63, 3.8) is 0 Å². The largest absolute Gasteiger partial charge is 0.0622 e. The van der Waals surface area contributed by atoms with Crippen molar-refractivity contribution in [2.24, 2.45) is 0 Å². The first-order chi connectivity index (χ1) is 22.8. The standard InChI is InChI=1S/C46H30/c1-2-10-31(11-3-1)34-22-24-37-29-35(23-25-36(37)28-34)32-18-20-33(21-19-32)40-26-27-45(43-16-8-6-15-42(40)43)46-30-38-12-4-5-13-39(38)41-14-7-9-17-44(41)46/h1-30H. The van der Waals surface area contributed by atoms with Gasteiger partial charge >= 0.3 is 0 Å². The average Bonchev–Trinajstić information content (AvgIpc) is 3.14. The fourth-order valence-electron chi connectivity index (χ4n) is 7.14. The van der Waals surface area contributed by atoms with Gasteiger partial charge in [0.05, 0.1) is 0 Å². The van der Waals surface area contributed by atoms with Crippen LogP contribution in [0.25, 0.3) is 87.6 Å². The lowest BCUT2D eigenvalue weighted by Crippen LogP contribution is -1.89. The zero-order valence-electron chi connectivity index (χ0n) is 25.3. The highest BCUT2D eigenvalue weighted by Crippen LogP contribution is 2.41. The van der Waals surface area contributed by atoms with Crippen molar-refractivity contribution in [2.75, 3.05) is 0 Å². The Kier molecular flexibility index (Phi) is 6.25. The zero-order chi connectivity index (χ0) is 30.5. The maximum absolute atomic E-state index is 2.36. The van der Waals surface area contributed by atoms with Crippen LogP contribution in [0.5, 0.6) is 0 Å². The van der Waals surface area contributed by atoms with E-state index in [0.717, 1.165) is 0 Å². The summed E-state index contributed by atoms with van der Waals surface area (Å²) in [5.74, 6) is 0. The molecule has 0 fully saturated rings. The highest BCUT2D eigenvalue weighted by atomic mass is 14.2. The van der Waals surface area contributed by atoms with E-state index in [1.54, 1.807) is 0 Å². The van der Waals surface area contributed by atoms with E-state index in [-0.39, 0.29) is 0 Å². The highest BCUT2D eigenvalue weighted by molar-refractivity contribution is 6.17. The Morgan fingerprint density at radius 3 is 1.33 bits per heavy atom. The second-order valence-corrected chi connectivity index (χ2v) is 12.1. The Bertz CT molecular complexity index is 2560. The molecule has 0 aromatic heterocycles. The summed E-state index contributed by atoms with van der Waals surface area (Å²) in [6.07, 6.45) is 0. The van der Waals surface area contributed by atoms with Gasteiger partial charge in [-0.25, -0.2) is 0 Å². The van der Waals surface area contributed by atoms with Crippen molar-refractivity contribution in [3.05, 3.63) is 182 Å². The topological polar surface area (TPSA) is 0 Å². The summed E-state index contributed by atoms with van der Waals surface area (Å²) in [6, 6.07) is 66.5. The van der Waals surface area contributed by atoms with Gasteiger partial charge in [0.1, 0.15) is 0 Å². The van der Waals surface area contributed by atoms with Crippen LogP contribution in [0.2, 0.25) is 0 Å². The van der Waals surface area contributed by atoms with E-state index in [2.05, 4.69) is 182 Å². The van der Waals surface area contributed by atoms with E-state index in [1.165, 1.54) is 87.6 Å². The Balaban J connectivity index is 1.10. The van der Waals surface area contributed by atoms with Crippen LogP contribution in [-0.4, -0.2) is 0 Å². The molecular formula is C46H30. The number of hydrogen-bond acceptors (Lipinski definition) is 0. The van der Waals surface area contributed by atoms with Crippen molar-refractivity contribution in [1.82, 2.24) is 0 Å². The summed E-state index contributed by atoms with van der Waals surface area (Å²) < 4.78 is 0. The number of benzene rings is 9. The van der Waals surface area contributed by atoms with Crippen molar-refractivity contribution in [1.29, 1.82) is 0 Å². The van der Waals surface area contributed by atoms with Gasteiger partial charge in [-0.1, -0.05) is 164 Å². The zero-order valence-corrected chi connectivity index (χ0v) is 25.3. The molecule has 0 unspecified atom stereocenters. The van der Waals surface area contributed by atoms with E-state index in [4.69, 9.17) is 0 Å². The lowest BCUT2D eigenvalue weighted by Gasteiger charge is -2.16. The van der Waals surface area contributed by atoms with Gasteiger partial charge in [0.2, 0.25) is 0 Å². The molecule has 0 N–H and O–H groups in total. The van der Waals surface area contributed by atoms with Gasteiger partial charge in [0.15, 0.2) is 0 Å². The van der Waals surface area contributed by atoms with Gasteiger partial charge in [-0.15, -0.1) is 0 Å². The minimum absolute atomic E-state index is 1.22. The van der Waals surface area contributed by atoms with Gasteiger partial charge in [-0.05, 0) is 106 Å². The summed E-state index contributed by atoms with van der Waals surface area (Å²) in [7, 11) is 0. The smallest absolute Gasteiger partial charge is 0.00928 e. The number of hydrogen-bond donors (Lipinski definition) is 0. The summed E-state index contributed by atoms with van der Waals surface area (Å²) in [4.78, 5) is 0. The second-order valence-electron chi connectivity index (χ2n) is 12.1. The van der Waals surface area contributed by atoms with Crippen molar-refractivity contribution in [3.8, 4) is 44.5 Å². The molecule has 0 spiro atoms. The molecule has 9 aromatic rings. The molecule has 0 atom stereocenters. The Hall–Kier alpha value is -5.98. The maximum atomic E-state index is 2.36. The predicted octanol–water partition coefficient (Wildman–Crippen LogP) is 13.0. The van der Waals surface area contributed by atoms with Gasteiger partial charge in [-0.2, -0.15) is 0 Å². The third-order valence-electron chi connectivity index (χ3n) is 9.46. The van der Waals surface area contributed by atoms with Crippen molar-refractivity contribution >= 4 is 43.1 Å². The molecule has 46 heavy (non-hydrogen) atoms. The lowest BCUT2D eigenvalue weighted by molar-refractivity contribution is 1.61. The number of rotatable bonds is 4. The molecule has 0 nitrogen and oxygen atoms in total. The molecule has 0 radical (unpaired) electrons. The summed E-state index contributed by atoms with van der Waals surface area (Å²) in [6.45, 7) is 0. The number of fused-ring (bicyclic) bond motifs is 5. The fraction of sp³-hybridized carbons (Fsp3) is 0. The first-order valence-electron chi connectivity index (χ1n) is 15.9. The Morgan fingerprint density at radius 2 is 0.652 bits per heavy atom. The van der Waals surface area contributed by atoms with Crippen LogP contribution in [0.15, 0.2) is 182 Å². The summed E-state index contributed by atoms with van der Waals surface area (Å²) >= 11 is 0. The van der Waals surface area contributed by atoms with E-state index < -0.39 is 0 Å². The third kappa shape index (κ3) is 4.47. The molecular weight excluding hydrogens is 553 g/mol. The minimum atomic E-state index is 1.22. The van der Waals surface area contributed by atoms with E-state index in [9.17, 15) is 0 Å². The fourth-order valence-corrected chi connectivity index (χ4v) is 7.14. The van der Waals surface area contributed by atoms with Gasteiger partial charge < -0.3 is 0 Å². The molecule has 0 aliphatic carbocycles. The second kappa shape index (κ2) is 10.9. The minimum Gasteiger partial charge on any atom is -0.0622 e. The lowest BCUT2D eigenvalue weighted by atomic mass is 9.88. The Morgan fingerprint density at radius 1 is 0.196 bits per heavy atom. The molecule has 0 heteroatoms. The monoisotopic (exact) mass is 582 g/mol. The first kappa shape index (κ1) is 26.4. The molecule has 0 aliphatic heterocycles. The van der Waals surface area contributed by atoms with Crippen molar-refractivity contribution in [2.45, 2.75) is 0 Å². The van der Waals surface area contributed by atoms with Gasteiger partial charge in [0, 0.05) is 0 Å². The molecule has 0 saturated heterocycles. The SMILES string of the molecule is c1ccc(-c2ccc3cc(-c4ccc(-c5ccc(-c6cc7ccccc7c7ccccc67)c6ccccc56)cc4)ccc3c2)cc1. The van der Waals surface area contributed by atoms with Crippen LogP contribution in [0, 0.1) is 0 Å². The predicted molar refractivity (Wildman–Crippen MR) is 198 cm³/mol. The summed E-state index contributed by atoms with van der Waals surface area (Å²) in [5.41, 5.74) is 9.97. The molecule has 0 bridgehead atoms. The maximum Gasteiger partial charge on any atom is -0.00928 e. The molecule has 0 aliphatic rings. The molecule has 9 aromatic carbocycles. The molecule has 9 rings (SSSR count). The summed E-state index contributed by atoms with van der Waals surface area (Å²) in [5, 5.41) is 10.2. The van der Waals surface area contributed by atoms with Crippen molar-refractivity contribution < 1.29 is 0 Å². The van der Waals surface area contributed by atoms with Crippen LogP contribution in [-0.2, 0) is 0 Å². The Labute approximate surface area is 268 Å². The van der Waals surface area contributed by atoms with E-state index >= 15 is 0 Å². The average molecular weight is 583 g/mol. The normalized spacial score (nSPS) is 11.5. The first-order valence-corrected chi connectivity index (χ1v) is 15.9. The highest BCUT2D eigenvalue weighted by Gasteiger charge is 2.14. The van der Waals surface area contributed by atoms with Gasteiger partial charge in [-0.3, -0.25) is 0 Å². The molecule has 0 heterocycles. The van der Waals surface area contributed by atoms with E-state index in [0.29, 0.717) is 0 Å². The molecule has 0 saturated carbocycles. The van der Waals surface area contributed by atoms with Crippen LogP contribution in [0.1, 0.15) is 0 Å². The van der Waals surface area contributed by atoms with Crippen LogP contribution in [0.4, 0.5) is 0 Å².